The lowest BCUT2D eigenvalue weighted by Crippen LogP contribution is -2.31. The van der Waals surface area contributed by atoms with E-state index >= 15 is 0 Å². The second-order valence-electron chi connectivity index (χ2n) is 9.73. The molecule has 0 amide bonds. The van der Waals surface area contributed by atoms with E-state index in [-0.39, 0.29) is 22.8 Å². The number of nitrogens with zero attached hydrogens (tertiary/aromatic N) is 2. The molecule has 0 N–H and O–H groups in total. The van der Waals surface area contributed by atoms with Gasteiger partial charge in [-0.25, -0.2) is 9.59 Å². The first-order valence-electron chi connectivity index (χ1n) is 11.0. The first kappa shape index (κ1) is 22.8. The van der Waals surface area contributed by atoms with Crippen molar-refractivity contribution in [2.24, 2.45) is 0 Å². The molecule has 4 rings (SSSR count). The molecule has 33 heavy (non-hydrogen) atoms. The first-order valence-corrected chi connectivity index (χ1v) is 11.0. The summed E-state index contributed by atoms with van der Waals surface area (Å²) in [6.45, 7) is 8.70. The quantitative estimate of drug-likeness (QED) is 0.509. The van der Waals surface area contributed by atoms with Crippen LogP contribution in [0.15, 0.2) is 48.2 Å². The fourth-order valence-electron chi connectivity index (χ4n) is 5.21. The van der Waals surface area contributed by atoms with Gasteiger partial charge < -0.3 is 14.4 Å². The molecule has 0 aromatic heterocycles. The number of carbonyl (C=O) groups excluding carboxylic acids is 2. The van der Waals surface area contributed by atoms with Crippen molar-refractivity contribution in [3.8, 4) is 0 Å². The topological polar surface area (TPSA) is 58.9 Å². The fourth-order valence-corrected chi connectivity index (χ4v) is 5.21. The Labute approximate surface area is 195 Å². The molecule has 0 unspecified atom stereocenters. The molecule has 0 saturated heterocycles. The smallest absolute Gasteiger partial charge is 0.337 e. The molecule has 2 aliphatic heterocycles. The molecule has 2 heterocycles. The van der Waals surface area contributed by atoms with Gasteiger partial charge in [-0.1, -0.05) is 13.8 Å². The van der Waals surface area contributed by atoms with E-state index in [1.54, 1.807) is 0 Å². The van der Waals surface area contributed by atoms with Gasteiger partial charge in [-0.05, 0) is 49.7 Å². The highest BCUT2D eigenvalue weighted by molar-refractivity contribution is 6.05. The van der Waals surface area contributed by atoms with E-state index in [4.69, 9.17) is 9.47 Å². The molecule has 6 nitrogen and oxygen atoms in total. The van der Waals surface area contributed by atoms with Crippen molar-refractivity contribution < 1.29 is 23.6 Å². The van der Waals surface area contributed by atoms with Crippen LogP contribution in [0.3, 0.4) is 0 Å². The summed E-state index contributed by atoms with van der Waals surface area (Å²) >= 11 is 0. The van der Waals surface area contributed by atoms with E-state index in [1.165, 1.54) is 14.2 Å². The Morgan fingerprint density at radius 2 is 1.42 bits per heavy atom. The summed E-state index contributed by atoms with van der Waals surface area (Å²) in [6, 6.07) is 11.5. The third-order valence-electron chi connectivity index (χ3n) is 7.18. The van der Waals surface area contributed by atoms with Crippen LogP contribution in [0.2, 0.25) is 0 Å². The van der Waals surface area contributed by atoms with Gasteiger partial charge in [0.1, 0.15) is 7.05 Å². The molecule has 2 aromatic carbocycles. The van der Waals surface area contributed by atoms with Crippen molar-refractivity contribution in [2.75, 3.05) is 33.2 Å². The normalized spacial score (nSPS) is 18.9. The predicted octanol–water partition coefficient (Wildman–Crippen LogP) is 4.58. The molecule has 172 valence electrons. The maximum absolute atomic E-state index is 12.1. The van der Waals surface area contributed by atoms with E-state index in [2.05, 4.69) is 57.3 Å². The Hall–Kier alpha value is -3.41. The molecule has 2 aromatic rings. The SMILES string of the molecule is COC(=O)c1ccc2c(c1)C(C)(C)C(=CC1=[N+](C)c3ccc(C(=O)OC)cc3C1(C)C)N2C. The highest BCUT2D eigenvalue weighted by atomic mass is 16.5. The maximum atomic E-state index is 12.1. The zero-order chi connectivity index (χ0) is 24.3. The number of hydrogen-bond acceptors (Lipinski definition) is 5. The van der Waals surface area contributed by atoms with Crippen molar-refractivity contribution in [3.05, 3.63) is 70.4 Å². The number of methoxy groups -OCH3 is 2. The van der Waals surface area contributed by atoms with E-state index < -0.39 is 0 Å². The summed E-state index contributed by atoms with van der Waals surface area (Å²) in [4.78, 5) is 26.4. The van der Waals surface area contributed by atoms with Gasteiger partial charge in [-0.3, -0.25) is 0 Å². The van der Waals surface area contributed by atoms with Crippen molar-refractivity contribution in [1.82, 2.24) is 0 Å². The second-order valence-corrected chi connectivity index (χ2v) is 9.73. The number of fused-ring (bicyclic) bond motifs is 2. The third kappa shape index (κ3) is 3.27. The second kappa shape index (κ2) is 7.58. The van der Waals surface area contributed by atoms with Crippen LogP contribution in [-0.4, -0.2) is 50.5 Å². The minimum absolute atomic E-state index is 0.315. The molecule has 6 heteroatoms. The molecule has 0 spiro atoms. The average Bonchev–Trinajstić information content (AvgIpc) is 3.11. The van der Waals surface area contributed by atoms with Crippen molar-refractivity contribution in [2.45, 2.75) is 38.5 Å². The zero-order valence-electron chi connectivity index (χ0n) is 20.6. The number of rotatable bonds is 3. The monoisotopic (exact) mass is 447 g/mol. The molecule has 0 saturated carbocycles. The van der Waals surface area contributed by atoms with Crippen LogP contribution in [-0.2, 0) is 20.3 Å². The molecule has 0 fully saturated rings. The molecule has 2 aliphatic rings. The predicted molar refractivity (Wildman–Crippen MR) is 129 cm³/mol. The first-order chi connectivity index (χ1) is 15.4. The van der Waals surface area contributed by atoms with Crippen LogP contribution in [0.1, 0.15) is 59.5 Å². The zero-order valence-corrected chi connectivity index (χ0v) is 20.6. The Morgan fingerprint density at radius 3 is 2.00 bits per heavy atom. The van der Waals surface area contributed by atoms with Gasteiger partial charge in [0.2, 0.25) is 5.69 Å². The molecule has 0 aliphatic carbocycles. The molecule has 0 bridgehead atoms. The Morgan fingerprint density at radius 1 is 0.879 bits per heavy atom. The largest absolute Gasteiger partial charge is 0.465 e. The van der Waals surface area contributed by atoms with Gasteiger partial charge in [0.15, 0.2) is 5.71 Å². The highest BCUT2D eigenvalue weighted by Crippen LogP contribution is 2.48. The van der Waals surface area contributed by atoms with Gasteiger partial charge in [0.25, 0.3) is 0 Å². The third-order valence-corrected chi connectivity index (χ3v) is 7.18. The molecular weight excluding hydrogens is 416 g/mol. The fraction of sp³-hybridized carbons (Fsp3) is 0.370. The summed E-state index contributed by atoms with van der Waals surface area (Å²) in [5.74, 6) is -0.673. The average molecular weight is 448 g/mol. The van der Waals surface area contributed by atoms with Crippen LogP contribution < -0.4 is 4.90 Å². The number of anilines is 1. The lowest BCUT2D eigenvalue weighted by atomic mass is 9.78. The van der Waals surface area contributed by atoms with Gasteiger partial charge in [0.05, 0.1) is 30.8 Å². The van der Waals surface area contributed by atoms with Crippen molar-refractivity contribution >= 4 is 29.0 Å². The summed E-state index contributed by atoms with van der Waals surface area (Å²) in [7, 11) is 6.91. The summed E-state index contributed by atoms with van der Waals surface area (Å²) in [5, 5.41) is 0. The Bertz CT molecular complexity index is 1250. The van der Waals surface area contributed by atoms with E-state index in [0.717, 1.165) is 33.9 Å². The summed E-state index contributed by atoms with van der Waals surface area (Å²) in [6.07, 6.45) is 2.25. The number of carbonyl (C=O) groups is 2. The lowest BCUT2D eigenvalue weighted by molar-refractivity contribution is -0.401. The number of esters is 2. The van der Waals surface area contributed by atoms with Crippen LogP contribution >= 0.6 is 0 Å². The Kier molecular flexibility index (Phi) is 5.23. The molecule has 0 radical (unpaired) electrons. The van der Waals surface area contributed by atoms with E-state index in [1.807, 2.05) is 36.4 Å². The number of allylic oxidation sites excluding steroid dienone is 2. The van der Waals surface area contributed by atoms with E-state index in [0.29, 0.717) is 11.1 Å². The highest BCUT2D eigenvalue weighted by Gasteiger charge is 2.46. The van der Waals surface area contributed by atoms with Crippen LogP contribution in [0.25, 0.3) is 0 Å². The lowest BCUT2D eigenvalue weighted by Gasteiger charge is -2.25. The van der Waals surface area contributed by atoms with E-state index in [9.17, 15) is 9.59 Å². The van der Waals surface area contributed by atoms with Crippen LogP contribution in [0.5, 0.6) is 0 Å². The molecule has 0 atom stereocenters. The maximum Gasteiger partial charge on any atom is 0.337 e. The summed E-state index contributed by atoms with van der Waals surface area (Å²) in [5.41, 5.74) is 7.05. The minimum Gasteiger partial charge on any atom is -0.465 e. The number of benzene rings is 2. The van der Waals surface area contributed by atoms with Crippen molar-refractivity contribution in [1.29, 1.82) is 0 Å². The standard InChI is InChI=1S/C27H31N2O4/c1-26(2)18-13-16(24(30)32-7)9-11-20(18)28(5)22(26)15-23-27(3,4)19-14-17(25(31)33-8)10-12-21(19)29(23)6/h9-15H,1-8H3/q+1. The van der Waals surface area contributed by atoms with Crippen LogP contribution in [0, 0.1) is 0 Å². The number of hydrogen-bond donors (Lipinski definition) is 0. The van der Waals surface area contributed by atoms with Gasteiger partial charge >= 0.3 is 11.9 Å². The Balaban J connectivity index is 1.82. The minimum atomic E-state index is -0.337. The van der Waals surface area contributed by atoms with Gasteiger partial charge in [-0.2, -0.15) is 4.58 Å². The summed E-state index contributed by atoms with van der Waals surface area (Å²) < 4.78 is 12.0. The number of ether oxygens (including phenoxy) is 2. The number of likely N-dealkylation sites (N-methyl/N-ethyl adjacent to an activating group) is 1. The van der Waals surface area contributed by atoms with Gasteiger partial charge in [-0.15, -0.1) is 0 Å². The van der Waals surface area contributed by atoms with Crippen LogP contribution in [0.4, 0.5) is 11.4 Å². The van der Waals surface area contributed by atoms with Crippen molar-refractivity contribution in [3.63, 3.8) is 0 Å². The van der Waals surface area contributed by atoms with Gasteiger partial charge in [0, 0.05) is 41.6 Å². The molecular formula is C27H31N2O4+.